The molecule has 0 unspecified atom stereocenters. The molecular formula is C22H13NO2S8. The molecule has 0 aromatic heterocycles. The number of nitro benzene ring substituents is 1. The number of benzene rings is 2. The van der Waals surface area contributed by atoms with Crippen LogP contribution in [0.2, 0.25) is 0 Å². The Labute approximate surface area is 225 Å². The van der Waals surface area contributed by atoms with E-state index in [4.69, 9.17) is 0 Å². The second-order valence-corrected chi connectivity index (χ2v) is 16.8. The summed E-state index contributed by atoms with van der Waals surface area (Å²) in [6.45, 7) is 4.41. The lowest BCUT2D eigenvalue weighted by Gasteiger charge is -2.03. The summed E-state index contributed by atoms with van der Waals surface area (Å²) in [6.07, 6.45) is 0. The van der Waals surface area contributed by atoms with E-state index in [-0.39, 0.29) is 10.6 Å². The standard InChI is InChI=1S/C22H13NO2S8/c1-10-11(2)28-21(27-10)22-31-16-7-14-15(8-17(16)32-22)30-20(29-14)19-26-9-18(33-19)12-3-5-13(6-4-12)23(24)25/h3-9H,1-2H3. The SMILES string of the molecule is CC1=C(C)SC(=C2Sc3cc4c(cc3S2)SC(=C2SC=C(c3ccc([N+](=O)[O-])cc3)S2)S4)S1. The van der Waals surface area contributed by atoms with Crippen LogP contribution in [0, 0.1) is 10.1 Å². The lowest BCUT2D eigenvalue weighted by molar-refractivity contribution is -0.384. The molecule has 2 aromatic carbocycles. The monoisotopic (exact) mass is 579 g/mol. The van der Waals surface area contributed by atoms with Gasteiger partial charge in [-0.05, 0) is 58.9 Å². The highest BCUT2D eigenvalue weighted by molar-refractivity contribution is 8.34. The highest BCUT2D eigenvalue weighted by Gasteiger charge is 2.31. The van der Waals surface area contributed by atoms with Crippen molar-refractivity contribution in [3.05, 3.63) is 84.2 Å². The topological polar surface area (TPSA) is 43.1 Å². The second-order valence-electron chi connectivity index (χ2n) is 7.13. The van der Waals surface area contributed by atoms with Gasteiger partial charge in [-0.2, -0.15) is 0 Å². The van der Waals surface area contributed by atoms with Crippen molar-refractivity contribution in [1.82, 2.24) is 0 Å². The lowest BCUT2D eigenvalue weighted by atomic mass is 10.2. The number of nitrogens with zero attached hydrogens (tertiary/aromatic N) is 1. The van der Waals surface area contributed by atoms with Gasteiger partial charge in [0.25, 0.3) is 5.69 Å². The number of thioether (sulfide) groups is 8. The van der Waals surface area contributed by atoms with Crippen molar-refractivity contribution >= 4 is 105 Å². The van der Waals surface area contributed by atoms with Crippen LogP contribution in [0.5, 0.6) is 0 Å². The zero-order chi connectivity index (χ0) is 22.7. The molecule has 3 nitrogen and oxygen atoms in total. The number of nitro groups is 1. The first-order chi connectivity index (χ1) is 15.9. The first-order valence-electron chi connectivity index (χ1n) is 9.65. The molecule has 2 aromatic rings. The normalized spacial score (nSPS) is 19.5. The average Bonchev–Trinajstić information content (AvgIpc) is 3.57. The van der Waals surface area contributed by atoms with E-state index in [1.54, 1.807) is 35.7 Å². The molecule has 33 heavy (non-hydrogen) atoms. The minimum Gasteiger partial charge on any atom is -0.258 e. The highest BCUT2D eigenvalue weighted by Crippen LogP contribution is 2.65. The molecule has 4 heterocycles. The molecule has 0 bridgehead atoms. The van der Waals surface area contributed by atoms with Gasteiger partial charge >= 0.3 is 0 Å². The summed E-state index contributed by atoms with van der Waals surface area (Å²) in [5, 5.41) is 13.1. The molecule has 0 atom stereocenters. The van der Waals surface area contributed by atoms with Gasteiger partial charge in [-0.3, -0.25) is 10.1 Å². The van der Waals surface area contributed by atoms with Gasteiger partial charge in [-0.1, -0.05) is 94.1 Å². The predicted octanol–water partition coefficient (Wildman–Crippen LogP) is 10.5. The van der Waals surface area contributed by atoms with E-state index in [0.717, 1.165) is 10.5 Å². The van der Waals surface area contributed by atoms with Crippen molar-refractivity contribution in [2.24, 2.45) is 0 Å². The lowest BCUT2D eigenvalue weighted by Crippen LogP contribution is -1.87. The maximum Gasteiger partial charge on any atom is 0.269 e. The Bertz CT molecular complexity index is 1300. The van der Waals surface area contributed by atoms with Gasteiger partial charge in [0.2, 0.25) is 0 Å². The number of allylic oxidation sites excluding steroid dienone is 2. The molecule has 166 valence electrons. The highest BCUT2D eigenvalue weighted by atomic mass is 32.2. The minimum absolute atomic E-state index is 0.125. The zero-order valence-electron chi connectivity index (χ0n) is 17.1. The number of hydrogen-bond donors (Lipinski definition) is 0. The molecule has 0 aliphatic carbocycles. The molecule has 4 aliphatic heterocycles. The van der Waals surface area contributed by atoms with E-state index >= 15 is 0 Å². The van der Waals surface area contributed by atoms with E-state index in [9.17, 15) is 10.1 Å². The fourth-order valence-corrected chi connectivity index (χ4v) is 13.9. The molecule has 0 spiro atoms. The third-order valence-corrected chi connectivity index (χ3v) is 16.1. The number of non-ortho nitro benzene ring substituents is 1. The van der Waals surface area contributed by atoms with Gasteiger partial charge in [0, 0.05) is 36.6 Å². The van der Waals surface area contributed by atoms with Crippen LogP contribution >= 0.6 is 94.1 Å². The first-order valence-corrected chi connectivity index (χ1v) is 16.2. The van der Waals surface area contributed by atoms with Crippen molar-refractivity contribution in [2.45, 2.75) is 33.4 Å². The van der Waals surface area contributed by atoms with E-state index < -0.39 is 0 Å². The van der Waals surface area contributed by atoms with Gasteiger partial charge in [0.05, 0.1) is 21.9 Å². The Balaban J connectivity index is 1.18. The van der Waals surface area contributed by atoms with Crippen molar-refractivity contribution in [2.75, 3.05) is 0 Å². The van der Waals surface area contributed by atoms with Gasteiger partial charge < -0.3 is 0 Å². The Morgan fingerprint density at radius 1 is 0.667 bits per heavy atom. The van der Waals surface area contributed by atoms with Gasteiger partial charge in [-0.15, -0.1) is 0 Å². The van der Waals surface area contributed by atoms with Crippen LogP contribution in [0.15, 0.2) is 88.1 Å². The molecule has 0 N–H and O–H groups in total. The van der Waals surface area contributed by atoms with Crippen molar-refractivity contribution < 1.29 is 4.92 Å². The maximum atomic E-state index is 10.9. The van der Waals surface area contributed by atoms with Crippen LogP contribution in [-0.2, 0) is 0 Å². The van der Waals surface area contributed by atoms with Crippen LogP contribution in [-0.4, -0.2) is 4.92 Å². The van der Waals surface area contributed by atoms with E-state index in [2.05, 4.69) is 31.4 Å². The summed E-state index contributed by atoms with van der Waals surface area (Å²) in [6, 6.07) is 11.5. The molecule has 0 radical (unpaired) electrons. The first kappa shape index (κ1) is 23.0. The van der Waals surface area contributed by atoms with Crippen molar-refractivity contribution in [3.8, 4) is 0 Å². The van der Waals surface area contributed by atoms with Gasteiger partial charge in [-0.25, -0.2) is 0 Å². The van der Waals surface area contributed by atoms with Crippen molar-refractivity contribution in [1.29, 1.82) is 0 Å². The third-order valence-electron chi connectivity index (χ3n) is 4.98. The number of fused-ring (bicyclic) bond motifs is 2. The minimum atomic E-state index is -0.358. The van der Waals surface area contributed by atoms with E-state index in [1.165, 1.54) is 46.3 Å². The second kappa shape index (κ2) is 9.24. The Morgan fingerprint density at radius 3 is 1.67 bits per heavy atom. The summed E-state index contributed by atoms with van der Waals surface area (Å²) in [4.78, 5) is 19.9. The Hall–Kier alpha value is -0.400. The molecule has 11 heteroatoms. The summed E-state index contributed by atoms with van der Waals surface area (Å²) < 4.78 is 5.44. The van der Waals surface area contributed by atoms with E-state index in [1.807, 2.05) is 82.7 Å². The quantitative estimate of drug-likeness (QED) is 0.253. The predicted molar refractivity (Wildman–Crippen MR) is 154 cm³/mol. The largest absolute Gasteiger partial charge is 0.269 e. The number of hydrogen-bond acceptors (Lipinski definition) is 10. The molecule has 0 saturated heterocycles. The third kappa shape index (κ3) is 4.48. The molecular weight excluding hydrogens is 567 g/mol. The Morgan fingerprint density at radius 2 is 1.15 bits per heavy atom. The zero-order valence-corrected chi connectivity index (χ0v) is 23.6. The fraction of sp³-hybridized carbons (Fsp3) is 0.0909. The summed E-state index contributed by atoms with van der Waals surface area (Å²) in [5.74, 6) is 0. The number of rotatable bonds is 2. The Kier molecular flexibility index (Phi) is 6.44. The van der Waals surface area contributed by atoms with Gasteiger partial charge in [0.1, 0.15) is 0 Å². The summed E-state index contributed by atoms with van der Waals surface area (Å²) in [7, 11) is 0. The molecule has 4 aliphatic rings. The van der Waals surface area contributed by atoms with Crippen molar-refractivity contribution in [3.63, 3.8) is 0 Å². The van der Waals surface area contributed by atoms with Crippen LogP contribution < -0.4 is 0 Å². The smallest absolute Gasteiger partial charge is 0.258 e. The van der Waals surface area contributed by atoms with E-state index in [0.29, 0.717) is 0 Å². The summed E-state index contributed by atoms with van der Waals surface area (Å²) >= 11 is 14.8. The molecule has 0 fully saturated rings. The van der Waals surface area contributed by atoms with Crippen LogP contribution in [0.3, 0.4) is 0 Å². The van der Waals surface area contributed by atoms with Crippen LogP contribution in [0.4, 0.5) is 5.69 Å². The molecule has 6 rings (SSSR count). The maximum absolute atomic E-state index is 10.9. The van der Waals surface area contributed by atoms with Gasteiger partial charge in [0.15, 0.2) is 0 Å². The fourth-order valence-electron chi connectivity index (χ4n) is 3.19. The molecule has 0 amide bonds. The average molecular weight is 580 g/mol. The van der Waals surface area contributed by atoms with Crippen LogP contribution in [0.1, 0.15) is 19.4 Å². The summed E-state index contributed by atoms with van der Waals surface area (Å²) in [5.41, 5.74) is 1.15. The molecule has 0 saturated carbocycles. The van der Waals surface area contributed by atoms with Crippen LogP contribution in [0.25, 0.3) is 4.91 Å².